The van der Waals surface area contributed by atoms with Crippen molar-refractivity contribution in [2.45, 2.75) is 12.5 Å². The van der Waals surface area contributed by atoms with Crippen LogP contribution in [-0.2, 0) is 9.36 Å². The van der Waals surface area contributed by atoms with E-state index in [9.17, 15) is 9.36 Å². The Morgan fingerprint density at radius 3 is 2.60 bits per heavy atom. The van der Waals surface area contributed by atoms with Gasteiger partial charge in [-0.2, -0.15) is 0 Å². The Bertz CT molecular complexity index is 153. The molecule has 0 amide bonds. The van der Waals surface area contributed by atoms with Crippen molar-refractivity contribution in [3.05, 3.63) is 0 Å². The minimum Gasteiger partial charge on any atom is -0.344 e. The van der Waals surface area contributed by atoms with Crippen molar-refractivity contribution >= 4 is 13.7 Å². The molecule has 0 aliphatic heterocycles. The van der Waals surface area contributed by atoms with E-state index >= 15 is 0 Å². The van der Waals surface area contributed by atoms with Crippen molar-refractivity contribution in [2.24, 2.45) is 5.73 Å². The van der Waals surface area contributed by atoms with Gasteiger partial charge in [-0.15, -0.1) is 0 Å². The van der Waals surface area contributed by atoms with Gasteiger partial charge >= 0.3 is 0 Å². The highest BCUT2D eigenvalue weighted by atomic mass is 31.2. The molecule has 5 heteroatoms. The lowest BCUT2D eigenvalue weighted by Crippen LogP contribution is -2.22. The molecule has 0 aromatic rings. The molecule has 0 heterocycles. The Morgan fingerprint density at radius 1 is 1.80 bits per heavy atom. The first kappa shape index (κ1) is 9.82. The lowest BCUT2D eigenvalue weighted by molar-refractivity contribution is -0.108. The SMILES string of the molecule is CP(=O)(O)CCC(N)C=O. The van der Waals surface area contributed by atoms with Gasteiger partial charge in [-0.05, 0) is 6.42 Å². The summed E-state index contributed by atoms with van der Waals surface area (Å²) < 4.78 is 10.6. The summed E-state index contributed by atoms with van der Waals surface area (Å²) in [5.74, 6) is 0. The Morgan fingerprint density at radius 2 is 2.30 bits per heavy atom. The Balaban J connectivity index is 3.55. The van der Waals surface area contributed by atoms with Crippen LogP contribution in [-0.4, -0.2) is 30.0 Å². The molecule has 0 radical (unpaired) electrons. The van der Waals surface area contributed by atoms with Gasteiger partial charge in [0.25, 0.3) is 0 Å². The fourth-order valence-corrected chi connectivity index (χ4v) is 1.23. The molecule has 0 fully saturated rings. The zero-order chi connectivity index (χ0) is 8.20. The summed E-state index contributed by atoms with van der Waals surface area (Å²) in [7, 11) is -2.97. The molecule has 4 nitrogen and oxygen atoms in total. The Hall–Kier alpha value is -0.180. The monoisotopic (exact) mass is 165 g/mol. The average molecular weight is 165 g/mol. The molecule has 2 unspecified atom stereocenters. The average Bonchev–Trinajstić information content (AvgIpc) is 1.81. The van der Waals surface area contributed by atoms with E-state index in [2.05, 4.69) is 0 Å². The maximum absolute atomic E-state index is 10.6. The molecular weight excluding hydrogens is 153 g/mol. The number of rotatable bonds is 4. The third kappa shape index (κ3) is 5.95. The smallest absolute Gasteiger partial charge is 0.197 e. The molecule has 0 aromatic heterocycles. The quantitative estimate of drug-likeness (QED) is 0.446. The first-order valence-corrected chi connectivity index (χ1v) is 5.25. The fraction of sp³-hybridized carbons (Fsp3) is 0.800. The van der Waals surface area contributed by atoms with Crippen molar-refractivity contribution in [1.82, 2.24) is 0 Å². The van der Waals surface area contributed by atoms with Gasteiger partial charge in [0.15, 0.2) is 7.37 Å². The molecule has 60 valence electrons. The molecule has 0 spiro atoms. The minimum atomic E-state index is -2.97. The number of carbonyl (C=O) groups excluding carboxylic acids is 1. The van der Waals surface area contributed by atoms with Crippen molar-refractivity contribution in [3.63, 3.8) is 0 Å². The largest absolute Gasteiger partial charge is 0.344 e. The molecule has 0 aliphatic rings. The number of aldehydes is 1. The summed E-state index contributed by atoms with van der Waals surface area (Å²) >= 11 is 0. The second-order valence-corrected chi connectivity index (χ2v) is 4.91. The van der Waals surface area contributed by atoms with Crippen molar-refractivity contribution in [1.29, 1.82) is 0 Å². The van der Waals surface area contributed by atoms with E-state index in [1.54, 1.807) is 0 Å². The van der Waals surface area contributed by atoms with E-state index < -0.39 is 13.4 Å². The highest BCUT2D eigenvalue weighted by Gasteiger charge is 2.11. The summed E-state index contributed by atoms with van der Waals surface area (Å²) in [6.07, 6.45) is 0.982. The van der Waals surface area contributed by atoms with Crippen LogP contribution in [0, 0.1) is 0 Å². The zero-order valence-electron chi connectivity index (χ0n) is 5.86. The van der Waals surface area contributed by atoms with Crippen molar-refractivity contribution in [2.75, 3.05) is 12.8 Å². The van der Waals surface area contributed by atoms with Crippen LogP contribution in [0.3, 0.4) is 0 Å². The van der Waals surface area contributed by atoms with Crippen LogP contribution >= 0.6 is 7.37 Å². The van der Waals surface area contributed by atoms with Gasteiger partial charge in [0.2, 0.25) is 0 Å². The number of hydrogen-bond acceptors (Lipinski definition) is 3. The van der Waals surface area contributed by atoms with E-state index in [0.29, 0.717) is 6.29 Å². The van der Waals surface area contributed by atoms with Crippen LogP contribution in [0.15, 0.2) is 0 Å². The highest BCUT2D eigenvalue weighted by molar-refractivity contribution is 7.57. The van der Waals surface area contributed by atoms with Crippen LogP contribution < -0.4 is 5.73 Å². The topological polar surface area (TPSA) is 80.4 Å². The van der Waals surface area contributed by atoms with Crippen LogP contribution in [0.1, 0.15) is 6.42 Å². The van der Waals surface area contributed by atoms with Gasteiger partial charge in [0.1, 0.15) is 6.29 Å². The van der Waals surface area contributed by atoms with Gasteiger partial charge < -0.3 is 15.4 Å². The fourth-order valence-electron chi connectivity index (χ4n) is 0.457. The first-order chi connectivity index (χ1) is 4.45. The van der Waals surface area contributed by atoms with Gasteiger partial charge in [-0.25, -0.2) is 0 Å². The summed E-state index contributed by atoms with van der Waals surface area (Å²) in [5, 5.41) is 0. The standard InChI is InChI=1S/C5H12NO3P/c1-10(8,9)3-2-5(6)4-7/h4-5H,2-3,6H2,1H3,(H,8,9). The minimum absolute atomic E-state index is 0.118. The van der Waals surface area contributed by atoms with Crippen LogP contribution in [0.4, 0.5) is 0 Å². The molecule has 3 N–H and O–H groups in total. The van der Waals surface area contributed by atoms with Gasteiger partial charge in [0, 0.05) is 12.8 Å². The third-order valence-electron chi connectivity index (χ3n) is 1.05. The second-order valence-electron chi connectivity index (χ2n) is 2.36. The normalized spacial score (nSPS) is 19.5. The molecule has 0 aromatic carbocycles. The lowest BCUT2D eigenvalue weighted by Gasteiger charge is -2.05. The molecule has 2 atom stereocenters. The van der Waals surface area contributed by atoms with E-state index in [1.807, 2.05) is 0 Å². The predicted octanol–water partition coefficient (Wildman–Crippen LogP) is -0.197. The maximum Gasteiger partial charge on any atom is 0.197 e. The lowest BCUT2D eigenvalue weighted by atomic mass is 10.3. The van der Waals surface area contributed by atoms with Gasteiger partial charge in [-0.1, -0.05) is 0 Å². The van der Waals surface area contributed by atoms with Gasteiger partial charge in [0.05, 0.1) is 6.04 Å². The van der Waals surface area contributed by atoms with E-state index in [-0.39, 0.29) is 12.6 Å². The molecule has 0 rings (SSSR count). The second kappa shape index (κ2) is 3.86. The molecule has 0 saturated carbocycles. The van der Waals surface area contributed by atoms with E-state index in [1.165, 1.54) is 6.66 Å². The number of hydrogen-bond donors (Lipinski definition) is 2. The van der Waals surface area contributed by atoms with Crippen molar-refractivity contribution < 1.29 is 14.3 Å². The molecule has 0 aliphatic carbocycles. The van der Waals surface area contributed by atoms with E-state index in [4.69, 9.17) is 10.6 Å². The first-order valence-electron chi connectivity index (χ1n) is 2.96. The summed E-state index contributed by atoms with van der Waals surface area (Å²) in [4.78, 5) is 18.7. The maximum atomic E-state index is 10.6. The Labute approximate surface area is 59.9 Å². The van der Waals surface area contributed by atoms with E-state index in [0.717, 1.165) is 0 Å². The molecular formula is C5H12NO3P. The third-order valence-corrected chi connectivity index (χ3v) is 2.14. The number of carbonyl (C=O) groups is 1. The Kier molecular flexibility index (Phi) is 3.79. The summed E-state index contributed by atoms with van der Waals surface area (Å²) in [6, 6.07) is -0.597. The zero-order valence-corrected chi connectivity index (χ0v) is 6.75. The summed E-state index contributed by atoms with van der Waals surface area (Å²) in [5.41, 5.74) is 5.18. The molecule has 0 saturated heterocycles. The van der Waals surface area contributed by atoms with Crippen LogP contribution in [0.2, 0.25) is 0 Å². The predicted molar refractivity (Wildman–Crippen MR) is 39.3 cm³/mol. The van der Waals surface area contributed by atoms with Crippen LogP contribution in [0.25, 0.3) is 0 Å². The van der Waals surface area contributed by atoms with Gasteiger partial charge in [-0.3, -0.25) is 4.57 Å². The number of nitrogens with two attached hydrogens (primary N) is 1. The van der Waals surface area contributed by atoms with Crippen molar-refractivity contribution in [3.8, 4) is 0 Å². The van der Waals surface area contributed by atoms with Crippen LogP contribution in [0.5, 0.6) is 0 Å². The summed E-state index contributed by atoms with van der Waals surface area (Å²) in [6.45, 7) is 1.25. The molecule has 0 bridgehead atoms. The highest BCUT2D eigenvalue weighted by Crippen LogP contribution is 2.35. The molecule has 10 heavy (non-hydrogen) atoms.